The number of hydrogen-bond acceptors (Lipinski definition) is 6. The van der Waals surface area contributed by atoms with Gasteiger partial charge >= 0.3 is 0 Å². The van der Waals surface area contributed by atoms with Crippen LogP contribution in [-0.4, -0.2) is 32.8 Å². The normalized spacial score (nSPS) is 13.6. The number of anilines is 1. The molecule has 1 saturated heterocycles. The molecule has 0 atom stereocenters. The van der Waals surface area contributed by atoms with Gasteiger partial charge in [-0.3, -0.25) is 15.4 Å². The van der Waals surface area contributed by atoms with Crippen molar-refractivity contribution in [2.24, 2.45) is 0 Å². The highest BCUT2D eigenvalue weighted by Gasteiger charge is 2.22. The predicted octanol–water partition coefficient (Wildman–Crippen LogP) is 5.95. The van der Waals surface area contributed by atoms with Gasteiger partial charge in [0.25, 0.3) is 0 Å². The number of carbonyl (C=O) groups excluding carboxylic acids is 1. The zero-order valence-corrected chi connectivity index (χ0v) is 21.2. The molecule has 0 amide bonds. The first-order chi connectivity index (χ1) is 18.8. The van der Waals surface area contributed by atoms with E-state index in [4.69, 9.17) is 9.47 Å². The van der Waals surface area contributed by atoms with E-state index in [1.54, 1.807) is 7.11 Å². The lowest BCUT2D eigenvalue weighted by Gasteiger charge is -2.21. The van der Waals surface area contributed by atoms with Crippen molar-refractivity contribution in [2.45, 2.75) is 12.9 Å². The first-order valence-corrected chi connectivity index (χ1v) is 12.8. The Morgan fingerprint density at radius 1 is 0.842 bits per heavy atom. The second kappa shape index (κ2) is 10.5. The monoisotopic (exact) mass is 503 g/mol. The minimum atomic E-state index is 0.0223. The fourth-order valence-corrected chi connectivity index (χ4v) is 5.24. The van der Waals surface area contributed by atoms with Gasteiger partial charge in [-0.25, -0.2) is 0 Å². The van der Waals surface area contributed by atoms with E-state index in [1.807, 2.05) is 54.6 Å². The maximum Gasteiger partial charge on any atom is 0.153 e. The molecule has 5 aromatic carbocycles. The Morgan fingerprint density at radius 3 is 2.29 bits per heavy atom. The van der Waals surface area contributed by atoms with Crippen molar-refractivity contribution < 1.29 is 14.3 Å². The van der Waals surface area contributed by atoms with Gasteiger partial charge in [-0.1, -0.05) is 72.8 Å². The molecule has 1 aliphatic heterocycles. The number of ether oxygens (including phenoxy) is 2. The predicted molar refractivity (Wildman–Crippen MR) is 153 cm³/mol. The highest BCUT2D eigenvalue weighted by molar-refractivity contribution is 6.12. The van der Waals surface area contributed by atoms with Crippen LogP contribution in [-0.2, 0) is 6.61 Å². The molecular formula is C32H29N3O3. The van der Waals surface area contributed by atoms with E-state index < -0.39 is 0 Å². The molecule has 1 fully saturated rings. The minimum Gasteiger partial charge on any atom is -0.495 e. The van der Waals surface area contributed by atoms with Gasteiger partial charge in [0.1, 0.15) is 24.4 Å². The van der Waals surface area contributed by atoms with E-state index in [9.17, 15) is 4.79 Å². The summed E-state index contributed by atoms with van der Waals surface area (Å²) in [5.74, 6) is 1.27. The number of fused-ring (bicyclic) bond motifs is 2. The fraction of sp³-hybridized carbons (Fsp3) is 0.156. The minimum absolute atomic E-state index is 0.0223. The summed E-state index contributed by atoms with van der Waals surface area (Å²) in [6.45, 7) is 2.22. The van der Waals surface area contributed by atoms with Crippen molar-refractivity contribution in [3.05, 3.63) is 102 Å². The van der Waals surface area contributed by atoms with E-state index in [-0.39, 0.29) is 6.29 Å². The molecule has 0 unspecified atom stereocenters. The molecule has 6 heteroatoms. The molecule has 1 heterocycles. The van der Waals surface area contributed by atoms with E-state index in [2.05, 4.69) is 52.3 Å². The molecule has 6 rings (SSSR count). The Labute approximate surface area is 221 Å². The maximum atomic E-state index is 12.1. The van der Waals surface area contributed by atoms with Gasteiger partial charge in [0.15, 0.2) is 6.29 Å². The zero-order valence-electron chi connectivity index (χ0n) is 21.2. The molecule has 0 aliphatic carbocycles. The van der Waals surface area contributed by atoms with Crippen molar-refractivity contribution in [1.82, 2.24) is 10.6 Å². The molecule has 38 heavy (non-hydrogen) atoms. The number of hydrogen-bond donors (Lipinski definition) is 3. The van der Waals surface area contributed by atoms with Crippen molar-refractivity contribution >= 4 is 33.5 Å². The second-order valence-corrected chi connectivity index (χ2v) is 9.30. The van der Waals surface area contributed by atoms with Gasteiger partial charge in [0.05, 0.1) is 12.7 Å². The van der Waals surface area contributed by atoms with Crippen LogP contribution in [0, 0.1) is 0 Å². The summed E-state index contributed by atoms with van der Waals surface area (Å²) in [5, 5.41) is 14.4. The van der Waals surface area contributed by atoms with E-state index >= 15 is 0 Å². The Hall–Kier alpha value is -4.39. The smallest absolute Gasteiger partial charge is 0.153 e. The van der Waals surface area contributed by atoms with Gasteiger partial charge in [-0.05, 0) is 39.7 Å². The van der Waals surface area contributed by atoms with Gasteiger partial charge in [0.2, 0.25) is 0 Å². The lowest BCUT2D eigenvalue weighted by atomic mass is 9.90. The van der Waals surface area contributed by atoms with Crippen LogP contribution in [0.1, 0.15) is 15.9 Å². The quantitative estimate of drug-likeness (QED) is 0.227. The molecule has 190 valence electrons. The second-order valence-electron chi connectivity index (χ2n) is 9.30. The summed E-state index contributed by atoms with van der Waals surface area (Å²) >= 11 is 0. The standard InChI is InChI=1S/C32H29N3O3/c1-37-31-24(19-36)18-22-9-3-6-12-26(22)30(31)29-25-11-5-2-8-21(25)14-15-28(29)38-20-23-10-4-7-13-27(23)35-32-33-16-17-34-32/h2-15,18-19,32-35H,16-17,20H2,1H3. The Kier molecular flexibility index (Phi) is 6.65. The van der Waals surface area contributed by atoms with Crippen LogP contribution in [0.5, 0.6) is 11.5 Å². The number of methoxy groups -OCH3 is 1. The Balaban J connectivity index is 1.49. The van der Waals surface area contributed by atoms with Crippen molar-refractivity contribution in [3.8, 4) is 22.6 Å². The summed E-state index contributed by atoms with van der Waals surface area (Å²) in [4.78, 5) is 12.1. The zero-order chi connectivity index (χ0) is 25.9. The molecule has 1 aliphatic rings. The number of rotatable bonds is 8. The maximum absolute atomic E-state index is 12.1. The lowest BCUT2D eigenvalue weighted by molar-refractivity contribution is 0.112. The van der Waals surface area contributed by atoms with Crippen molar-refractivity contribution in [2.75, 3.05) is 25.5 Å². The van der Waals surface area contributed by atoms with Gasteiger partial charge in [-0.2, -0.15) is 0 Å². The molecule has 0 radical (unpaired) electrons. The largest absolute Gasteiger partial charge is 0.495 e. The number of aldehydes is 1. The van der Waals surface area contributed by atoms with E-state index in [0.29, 0.717) is 17.9 Å². The number of benzene rings is 5. The van der Waals surface area contributed by atoms with Crippen LogP contribution in [0.15, 0.2) is 91.0 Å². The molecular weight excluding hydrogens is 474 g/mol. The third kappa shape index (κ3) is 4.45. The molecule has 3 N–H and O–H groups in total. The van der Waals surface area contributed by atoms with Crippen molar-refractivity contribution in [3.63, 3.8) is 0 Å². The molecule has 0 saturated carbocycles. The first kappa shape index (κ1) is 24.0. The summed E-state index contributed by atoms with van der Waals surface area (Å²) in [6.07, 6.45) is 0.877. The number of carbonyl (C=O) groups is 1. The average Bonchev–Trinajstić information content (AvgIpc) is 3.48. The molecule has 0 bridgehead atoms. The van der Waals surface area contributed by atoms with Crippen LogP contribution in [0.25, 0.3) is 32.7 Å². The van der Waals surface area contributed by atoms with E-state index in [0.717, 1.165) is 69.0 Å². The molecule has 0 spiro atoms. The SMILES string of the molecule is COc1c(C=O)cc2ccccc2c1-c1c(OCc2ccccc2NC2NCCN2)ccc2ccccc12. The van der Waals surface area contributed by atoms with Crippen LogP contribution in [0.4, 0.5) is 5.69 Å². The highest BCUT2D eigenvalue weighted by atomic mass is 16.5. The van der Waals surface area contributed by atoms with Crippen LogP contribution < -0.4 is 25.4 Å². The average molecular weight is 504 g/mol. The summed E-state index contributed by atoms with van der Waals surface area (Å²) in [5.41, 5.74) is 4.31. The fourth-order valence-electron chi connectivity index (χ4n) is 5.24. The summed E-state index contributed by atoms with van der Waals surface area (Å²) in [6, 6.07) is 30.4. The molecule has 6 nitrogen and oxygen atoms in total. The number of para-hydroxylation sites is 1. The molecule has 0 aromatic heterocycles. The van der Waals surface area contributed by atoms with Crippen LogP contribution in [0.3, 0.4) is 0 Å². The highest BCUT2D eigenvalue weighted by Crippen LogP contribution is 2.46. The Bertz CT molecular complexity index is 1630. The Morgan fingerprint density at radius 2 is 1.53 bits per heavy atom. The number of nitrogens with one attached hydrogen (secondary N) is 3. The van der Waals surface area contributed by atoms with Gasteiger partial charge < -0.3 is 14.8 Å². The first-order valence-electron chi connectivity index (χ1n) is 12.8. The van der Waals surface area contributed by atoms with Crippen LogP contribution in [0.2, 0.25) is 0 Å². The van der Waals surface area contributed by atoms with E-state index in [1.165, 1.54) is 0 Å². The third-order valence-corrected chi connectivity index (χ3v) is 7.02. The topological polar surface area (TPSA) is 71.6 Å². The third-order valence-electron chi connectivity index (χ3n) is 7.02. The van der Waals surface area contributed by atoms with Crippen molar-refractivity contribution in [1.29, 1.82) is 0 Å². The van der Waals surface area contributed by atoms with Gasteiger partial charge in [-0.15, -0.1) is 0 Å². The molecule has 5 aromatic rings. The summed E-state index contributed by atoms with van der Waals surface area (Å²) < 4.78 is 12.5. The summed E-state index contributed by atoms with van der Waals surface area (Å²) in [7, 11) is 1.61. The van der Waals surface area contributed by atoms with Crippen LogP contribution >= 0.6 is 0 Å². The lowest BCUT2D eigenvalue weighted by Crippen LogP contribution is -2.39. The van der Waals surface area contributed by atoms with Gasteiger partial charge in [0, 0.05) is 35.5 Å².